The van der Waals surface area contributed by atoms with Gasteiger partial charge in [-0.25, -0.2) is 0 Å². The lowest BCUT2D eigenvalue weighted by Gasteiger charge is -2.24. The molecule has 1 saturated heterocycles. The molecule has 1 N–H and O–H groups in total. The molecule has 1 aliphatic heterocycles. The van der Waals surface area contributed by atoms with Gasteiger partial charge in [0.15, 0.2) is 0 Å². The highest BCUT2D eigenvalue weighted by Crippen LogP contribution is 2.38. The Morgan fingerprint density at radius 3 is 2.87 bits per heavy atom. The van der Waals surface area contributed by atoms with Gasteiger partial charge in [0.25, 0.3) is 0 Å². The molecule has 1 saturated carbocycles. The third-order valence-corrected chi connectivity index (χ3v) is 3.97. The van der Waals surface area contributed by atoms with Crippen molar-refractivity contribution in [2.45, 2.75) is 45.6 Å². The number of nitrogens with zero attached hydrogens (tertiary/aromatic N) is 1. The molecule has 0 bridgehead atoms. The molecule has 88 valence electrons. The number of nitrogens with one attached hydrogen (secondary N) is 1. The van der Waals surface area contributed by atoms with Crippen LogP contribution >= 0.6 is 0 Å². The van der Waals surface area contributed by atoms with Gasteiger partial charge < -0.3 is 10.2 Å². The molecule has 1 aliphatic carbocycles. The summed E-state index contributed by atoms with van der Waals surface area (Å²) < 4.78 is 0. The predicted molar refractivity (Wildman–Crippen MR) is 65.0 cm³/mol. The Morgan fingerprint density at radius 2 is 2.20 bits per heavy atom. The van der Waals surface area contributed by atoms with Gasteiger partial charge in [-0.1, -0.05) is 20.3 Å². The molecule has 0 spiro atoms. The third-order valence-electron chi connectivity index (χ3n) is 3.97. The van der Waals surface area contributed by atoms with Crippen LogP contribution in [0.3, 0.4) is 0 Å². The number of hydrogen-bond acceptors (Lipinski definition) is 2. The molecule has 3 unspecified atom stereocenters. The van der Waals surface area contributed by atoms with E-state index in [9.17, 15) is 0 Å². The molecule has 1 heterocycles. The van der Waals surface area contributed by atoms with E-state index in [1.807, 2.05) is 0 Å². The molecule has 2 nitrogen and oxygen atoms in total. The molecule has 0 aromatic rings. The van der Waals surface area contributed by atoms with E-state index >= 15 is 0 Å². The molecule has 2 fully saturated rings. The molecule has 0 aromatic carbocycles. The second-order valence-corrected chi connectivity index (χ2v) is 5.53. The van der Waals surface area contributed by atoms with Gasteiger partial charge in [-0.2, -0.15) is 0 Å². The SMILES string of the molecule is CCCC1CN(CC2CC2C)CCCN1. The van der Waals surface area contributed by atoms with E-state index in [1.54, 1.807) is 0 Å². The van der Waals surface area contributed by atoms with Gasteiger partial charge in [-0.15, -0.1) is 0 Å². The van der Waals surface area contributed by atoms with Crippen LogP contribution in [0.4, 0.5) is 0 Å². The van der Waals surface area contributed by atoms with E-state index in [4.69, 9.17) is 0 Å². The lowest BCUT2D eigenvalue weighted by atomic mass is 10.1. The zero-order valence-electron chi connectivity index (χ0n) is 10.3. The largest absolute Gasteiger partial charge is 0.313 e. The van der Waals surface area contributed by atoms with E-state index in [1.165, 1.54) is 51.9 Å². The van der Waals surface area contributed by atoms with E-state index in [0.717, 1.165) is 17.9 Å². The Morgan fingerprint density at radius 1 is 1.40 bits per heavy atom. The maximum atomic E-state index is 3.68. The zero-order chi connectivity index (χ0) is 10.7. The summed E-state index contributed by atoms with van der Waals surface area (Å²) in [5.74, 6) is 2.02. The quantitative estimate of drug-likeness (QED) is 0.764. The van der Waals surface area contributed by atoms with Crippen LogP contribution in [0, 0.1) is 11.8 Å². The molecule has 0 radical (unpaired) electrons. The van der Waals surface area contributed by atoms with Gasteiger partial charge in [-0.3, -0.25) is 0 Å². The van der Waals surface area contributed by atoms with Gasteiger partial charge in [0, 0.05) is 19.1 Å². The van der Waals surface area contributed by atoms with Crippen molar-refractivity contribution in [1.82, 2.24) is 10.2 Å². The van der Waals surface area contributed by atoms with Crippen molar-refractivity contribution in [2.75, 3.05) is 26.2 Å². The van der Waals surface area contributed by atoms with Crippen LogP contribution in [0.5, 0.6) is 0 Å². The third kappa shape index (κ3) is 3.46. The minimum Gasteiger partial charge on any atom is -0.313 e. The summed E-state index contributed by atoms with van der Waals surface area (Å²) in [6.07, 6.45) is 5.46. The predicted octanol–water partition coefficient (Wildman–Crippen LogP) is 2.11. The van der Waals surface area contributed by atoms with Crippen molar-refractivity contribution in [3.05, 3.63) is 0 Å². The highest BCUT2D eigenvalue weighted by atomic mass is 15.2. The minimum atomic E-state index is 0.756. The van der Waals surface area contributed by atoms with Crippen molar-refractivity contribution in [3.8, 4) is 0 Å². The molecular weight excluding hydrogens is 184 g/mol. The van der Waals surface area contributed by atoms with Crippen molar-refractivity contribution in [3.63, 3.8) is 0 Å². The van der Waals surface area contributed by atoms with Gasteiger partial charge in [0.05, 0.1) is 0 Å². The highest BCUT2D eigenvalue weighted by molar-refractivity contribution is 4.87. The Bertz CT molecular complexity index is 193. The molecule has 2 rings (SSSR count). The van der Waals surface area contributed by atoms with Gasteiger partial charge >= 0.3 is 0 Å². The average Bonchev–Trinajstić information content (AvgIpc) is 2.92. The summed E-state index contributed by atoms with van der Waals surface area (Å²) in [6, 6.07) is 0.756. The van der Waals surface area contributed by atoms with Crippen LogP contribution in [0.1, 0.15) is 39.5 Å². The summed E-state index contributed by atoms with van der Waals surface area (Å²) in [5, 5.41) is 3.68. The Kier molecular flexibility index (Phi) is 4.04. The first-order chi connectivity index (χ1) is 7.29. The van der Waals surface area contributed by atoms with Crippen molar-refractivity contribution in [2.24, 2.45) is 11.8 Å². The Balaban J connectivity index is 1.76. The Hall–Kier alpha value is -0.0800. The minimum absolute atomic E-state index is 0.756. The molecule has 15 heavy (non-hydrogen) atoms. The molecule has 0 amide bonds. The molecule has 3 atom stereocenters. The molecule has 0 aromatic heterocycles. The van der Waals surface area contributed by atoms with Crippen LogP contribution in [0.2, 0.25) is 0 Å². The summed E-state index contributed by atoms with van der Waals surface area (Å²) >= 11 is 0. The summed E-state index contributed by atoms with van der Waals surface area (Å²) in [6.45, 7) is 9.88. The van der Waals surface area contributed by atoms with Gasteiger partial charge in [0.1, 0.15) is 0 Å². The lowest BCUT2D eigenvalue weighted by molar-refractivity contribution is 0.249. The normalized spacial score (nSPS) is 37.6. The average molecular weight is 210 g/mol. The number of hydrogen-bond donors (Lipinski definition) is 1. The van der Waals surface area contributed by atoms with Gasteiger partial charge in [-0.05, 0) is 44.2 Å². The molecule has 2 aliphatic rings. The van der Waals surface area contributed by atoms with Crippen molar-refractivity contribution in [1.29, 1.82) is 0 Å². The molecular formula is C13H26N2. The van der Waals surface area contributed by atoms with Crippen molar-refractivity contribution >= 4 is 0 Å². The highest BCUT2D eigenvalue weighted by Gasteiger charge is 2.34. The summed E-state index contributed by atoms with van der Waals surface area (Å²) in [7, 11) is 0. The van der Waals surface area contributed by atoms with E-state index < -0.39 is 0 Å². The van der Waals surface area contributed by atoms with Crippen LogP contribution in [0.25, 0.3) is 0 Å². The summed E-state index contributed by atoms with van der Waals surface area (Å²) in [5.41, 5.74) is 0. The van der Waals surface area contributed by atoms with Crippen LogP contribution in [-0.2, 0) is 0 Å². The number of rotatable bonds is 4. The van der Waals surface area contributed by atoms with E-state index in [0.29, 0.717) is 0 Å². The van der Waals surface area contributed by atoms with Gasteiger partial charge in [0.2, 0.25) is 0 Å². The van der Waals surface area contributed by atoms with Crippen LogP contribution in [0.15, 0.2) is 0 Å². The topological polar surface area (TPSA) is 15.3 Å². The van der Waals surface area contributed by atoms with Crippen molar-refractivity contribution < 1.29 is 0 Å². The van der Waals surface area contributed by atoms with Crippen LogP contribution < -0.4 is 5.32 Å². The standard InChI is InChI=1S/C13H26N2/c1-3-5-13-10-15(7-4-6-14-13)9-12-8-11(12)2/h11-14H,3-10H2,1-2H3. The first kappa shape index (κ1) is 11.4. The Labute approximate surface area is 94.4 Å². The zero-order valence-corrected chi connectivity index (χ0v) is 10.3. The maximum Gasteiger partial charge on any atom is 0.0194 e. The summed E-state index contributed by atoms with van der Waals surface area (Å²) in [4.78, 5) is 2.70. The molecule has 2 heteroatoms. The van der Waals surface area contributed by atoms with E-state index in [-0.39, 0.29) is 0 Å². The van der Waals surface area contributed by atoms with E-state index in [2.05, 4.69) is 24.1 Å². The van der Waals surface area contributed by atoms with Crippen LogP contribution in [-0.4, -0.2) is 37.1 Å². The fraction of sp³-hybridized carbons (Fsp3) is 1.00. The first-order valence-corrected chi connectivity index (χ1v) is 6.75. The fourth-order valence-corrected chi connectivity index (χ4v) is 2.77. The monoisotopic (exact) mass is 210 g/mol. The fourth-order valence-electron chi connectivity index (χ4n) is 2.77. The second kappa shape index (κ2) is 5.31. The second-order valence-electron chi connectivity index (χ2n) is 5.53. The lowest BCUT2D eigenvalue weighted by Crippen LogP contribution is -2.38. The first-order valence-electron chi connectivity index (χ1n) is 6.75. The maximum absolute atomic E-state index is 3.68. The smallest absolute Gasteiger partial charge is 0.0194 e.